The number of amides is 2. The molecular weight excluding hydrogens is 302 g/mol. The third kappa shape index (κ3) is 5.05. The Balaban J connectivity index is 1.65. The molecule has 0 aliphatic carbocycles. The van der Waals surface area contributed by atoms with Crippen molar-refractivity contribution in [3.8, 4) is 0 Å². The van der Waals surface area contributed by atoms with Crippen LogP contribution in [0.2, 0.25) is 0 Å². The number of hydrogen-bond acceptors (Lipinski definition) is 3. The van der Waals surface area contributed by atoms with E-state index in [1.54, 1.807) is 0 Å². The van der Waals surface area contributed by atoms with Gasteiger partial charge in [0.15, 0.2) is 9.84 Å². The second kappa shape index (κ2) is 7.17. The molecule has 1 aliphatic heterocycles. The summed E-state index contributed by atoms with van der Waals surface area (Å²) >= 11 is 0. The van der Waals surface area contributed by atoms with E-state index in [0.29, 0.717) is 13.0 Å². The number of hydrogen-bond donors (Lipinski definition) is 2. The van der Waals surface area contributed by atoms with Crippen LogP contribution in [0.15, 0.2) is 18.3 Å². The van der Waals surface area contributed by atoms with Gasteiger partial charge in [0.05, 0.1) is 11.5 Å². The molecule has 1 aromatic heterocycles. The minimum Gasteiger partial charge on any atom is -0.354 e. The summed E-state index contributed by atoms with van der Waals surface area (Å²) in [5.74, 6) is 0.485. The first kappa shape index (κ1) is 16.9. The minimum absolute atomic E-state index is 0.0504. The Hall–Kier alpha value is -1.50. The van der Waals surface area contributed by atoms with Gasteiger partial charge in [-0.3, -0.25) is 0 Å². The molecule has 0 aromatic carbocycles. The first-order valence-electron chi connectivity index (χ1n) is 7.71. The van der Waals surface area contributed by atoms with Crippen molar-refractivity contribution in [1.29, 1.82) is 0 Å². The molecule has 2 rings (SSSR count). The van der Waals surface area contributed by atoms with Crippen LogP contribution in [-0.2, 0) is 23.3 Å². The second-order valence-electron chi connectivity index (χ2n) is 6.17. The first-order chi connectivity index (χ1) is 10.4. The molecule has 2 atom stereocenters. The summed E-state index contributed by atoms with van der Waals surface area (Å²) in [6.07, 6.45) is 4.43. The van der Waals surface area contributed by atoms with Crippen molar-refractivity contribution >= 4 is 15.9 Å². The Morgan fingerprint density at radius 3 is 2.86 bits per heavy atom. The lowest BCUT2D eigenvalue weighted by Crippen LogP contribution is -2.42. The van der Waals surface area contributed by atoms with Crippen molar-refractivity contribution in [3.05, 3.63) is 24.0 Å². The maximum atomic E-state index is 11.8. The van der Waals surface area contributed by atoms with Crippen molar-refractivity contribution in [1.82, 2.24) is 15.2 Å². The number of carbonyl (C=O) groups is 1. The predicted molar refractivity (Wildman–Crippen MR) is 86.5 cm³/mol. The Labute approximate surface area is 132 Å². The molecule has 1 aromatic rings. The van der Waals surface area contributed by atoms with Gasteiger partial charge in [-0.1, -0.05) is 0 Å². The lowest BCUT2D eigenvalue weighted by Gasteiger charge is -2.16. The number of nitrogens with zero attached hydrogens (tertiary/aromatic N) is 1. The third-order valence-electron chi connectivity index (χ3n) is 4.14. The highest BCUT2D eigenvalue weighted by molar-refractivity contribution is 7.91. The Kier molecular flexibility index (Phi) is 5.50. The monoisotopic (exact) mass is 327 g/mol. The molecule has 0 saturated carbocycles. The first-order valence-corrected chi connectivity index (χ1v) is 9.53. The molecule has 2 heterocycles. The van der Waals surface area contributed by atoms with Crippen molar-refractivity contribution in [2.45, 2.75) is 32.2 Å². The average Bonchev–Trinajstić information content (AvgIpc) is 3.00. The highest BCUT2D eigenvalue weighted by atomic mass is 32.2. The van der Waals surface area contributed by atoms with Gasteiger partial charge >= 0.3 is 6.03 Å². The topological polar surface area (TPSA) is 80.2 Å². The quantitative estimate of drug-likeness (QED) is 0.820. The number of rotatable bonds is 6. The molecule has 0 spiro atoms. The van der Waals surface area contributed by atoms with E-state index in [0.717, 1.165) is 12.8 Å². The average molecular weight is 327 g/mol. The molecule has 1 aliphatic rings. The van der Waals surface area contributed by atoms with Gasteiger partial charge in [-0.2, -0.15) is 0 Å². The Bertz CT molecular complexity index is 609. The van der Waals surface area contributed by atoms with Gasteiger partial charge in [-0.05, 0) is 44.2 Å². The number of sulfone groups is 1. The Morgan fingerprint density at radius 1 is 1.50 bits per heavy atom. The smallest absolute Gasteiger partial charge is 0.315 e. The van der Waals surface area contributed by atoms with Gasteiger partial charge in [-0.25, -0.2) is 13.2 Å². The summed E-state index contributed by atoms with van der Waals surface area (Å²) in [7, 11) is -0.869. The van der Waals surface area contributed by atoms with Crippen molar-refractivity contribution in [3.63, 3.8) is 0 Å². The van der Waals surface area contributed by atoms with Crippen LogP contribution in [0.25, 0.3) is 0 Å². The van der Waals surface area contributed by atoms with Gasteiger partial charge in [0.25, 0.3) is 0 Å². The third-order valence-corrected chi connectivity index (χ3v) is 5.98. The van der Waals surface area contributed by atoms with E-state index in [1.807, 2.05) is 26.2 Å². The second-order valence-corrected chi connectivity index (χ2v) is 8.40. The fourth-order valence-corrected chi connectivity index (χ4v) is 4.60. The Morgan fingerprint density at radius 2 is 2.27 bits per heavy atom. The SMILES string of the molecule is C[C@@H](CCc1cccn1C)NC(=O)NC[C@H]1CCS(=O)(=O)C1. The molecule has 0 unspecified atom stereocenters. The fourth-order valence-electron chi connectivity index (χ4n) is 2.74. The molecule has 124 valence electrons. The zero-order valence-electron chi connectivity index (χ0n) is 13.2. The highest BCUT2D eigenvalue weighted by Gasteiger charge is 2.27. The van der Waals surface area contributed by atoms with Crippen LogP contribution >= 0.6 is 0 Å². The van der Waals surface area contributed by atoms with Crippen LogP contribution in [-0.4, -0.2) is 43.1 Å². The molecule has 2 N–H and O–H groups in total. The standard InChI is InChI=1S/C15H25N3O3S/c1-12(5-6-14-4-3-8-18(14)2)17-15(19)16-10-13-7-9-22(20,21)11-13/h3-4,8,12-13H,5-7,9-11H2,1-2H3,(H2,16,17,19)/t12-,13+/m0/s1. The van der Waals surface area contributed by atoms with Gasteiger partial charge < -0.3 is 15.2 Å². The van der Waals surface area contributed by atoms with Crippen LogP contribution < -0.4 is 10.6 Å². The van der Waals surface area contributed by atoms with E-state index in [4.69, 9.17) is 0 Å². The number of nitrogens with one attached hydrogen (secondary N) is 2. The minimum atomic E-state index is -2.88. The molecule has 22 heavy (non-hydrogen) atoms. The molecule has 1 saturated heterocycles. The van der Waals surface area contributed by atoms with E-state index >= 15 is 0 Å². The maximum absolute atomic E-state index is 11.8. The van der Waals surface area contributed by atoms with Gasteiger partial charge in [0.1, 0.15) is 0 Å². The summed E-state index contributed by atoms with van der Waals surface area (Å²) in [6, 6.07) is 3.94. The summed E-state index contributed by atoms with van der Waals surface area (Å²) < 4.78 is 24.8. The van der Waals surface area contributed by atoms with Gasteiger partial charge in [-0.15, -0.1) is 0 Å². The zero-order valence-corrected chi connectivity index (χ0v) is 14.0. The molecule has 1 fully saturated rings. The maximum Gasteiger partial charge on any atom is 0.315 e. The summed E-state index contributed by atoms with van der Waals surface area (Å²) in [4.78, 5) is 11.8. The number of aromatic nitrogens is 1. The lowest BCUT2D eigenvalue weighted by atomic mass is 10.1. The van der Waals surface area contributed by atoms with Crippen molar-refractivity contribution < 1.29 is 13.2 Å². The summed E-state index contributed by atoms with van der Waals surface area (Å²) in [5.41, 5.74) is 1.24. The fraction of sp³-hybridized carbons (Fsp3) is 0.667. The van der Waals surface area contributed by atoms with E-state index in [2.05, 4.69) is 21.3 Å². The van der Waals surface area contributed by atoms with E-state index < -0.39 is 9.84 Å². The molecule has 2 amide bonds. The largest absolute Gasteiger partial charge is 0.354 e. The zero-order chi connectivity index (χ0) is 16.2. The molecular formula is C15H25N3O3S. The van der Waals surface area contributed by atoms with E-state index in [9.17, 15) is 13.2 Å². The number of carbonyl (C=O) groups excluding carboxylic acids is 1. The van der Waals surface area contributed by atoms with Crippen molar-refractivity contribution in [2.75, 3.05) is 18.1 Å². The molecule has 7 heteroatoms. The number of urea groups is 1. The molecule has 0 bridgehead atoms. The predicted octanol–water partition coefficient (Wildman–Crippen LogP) is 1.08. The van der Waals surface area contributed by atoms with Gasteiger partial charge in [0.2, 0.25) is 0 Å². The van der Waals surface area contributed by atoms with E-state index in [1.165, 1.54) is 5.69 Å². The van der Waals surface area contributed by atoms with Crippen LogP contribution in [0, 0.1) is 5.92 Å². The van der Waals surface area contributed by atoms with Crippen molar-refractivity contribution in [2.24, 2.45) is 13.0 Å². The summed E-state index contributed by atoms with van der Waals surface area (Å²) in [5, 5.41) is 5.68. The van der Waals surface area contributed by atoms with Crippen LogP contribution in [0.1, 0.15) is 25.5 Å². The van der Waals surface area contributed by atoms with E-state index in [-0.39, 0.29) is 29.5 Å². The normalized spacial score (nSPS) is 21.5. The molecule has 6 nitrogen and oxygen atoms in total. The van der Waals surface area contributed by atoms with Crippen LogP contribution in [0.3, 0.4) is 0 Å². The van der Waals surface area contributed by atoms with Crippen LogP contribution in [0.4, 0.5) is 4.79 Å². The van der Waals surface area contributed by atoms with Crippen LogP contribution in [0.5, 0.6) is 0 Å². The highest BCUT2D eigenvalue weighted by Crippen LogP contribution is 2.17. The lowest BCUT2D eigenvalue weighted by molar-refractivity contribution is 0.235. The van der Waals surface area contributed by atoms with Gasteiger partial charge in [0, 0.05) is 31.5 Å². The number of aryl methyl sites for hydroxylation is 2. The molecule has 0 radical (unpaired) electrons. The summed E-state index contributed by atoms with van der Waals surface area (Å²) in [6.45, 7) is 2.40.